The van der Waals surface area contributed by atoms with E-state index in [0.29, 0.717) is 5.56 Å². The molecule has 2 rings (SSSR count). The zero-order valence-electron chi connectivity index (χ0n) is 15.0. The predicted octanol–water partition coefficient (Wildman–Crippen LogP) is 2.65. The van der Waals surface area contributed by atoms with E-state index in [2.05, 4.69) is 20.8 Å². The van der Waals surface area contributed by atoms with Crippen LogP contribution in [0.1, 0.15) is 54.2 Å². The normalized spacial score (nSPS) is 13.3. The van der Waals surface area contributed by atoms with Crippen molar-refractivity contribution in [1.82, 2.24) is 0 Å². The van der Waals surface area contributed by atoms with Gasteiger partial charge in [0.1, 0.15) is 0 Å². The third-order valence-electron chi connectivity index (χ3n) is 3.75. The van der Waals surface area contributed by atoms with Crippen LogP contribution in [0.15, 0.2) is 45.9 Å². The molecule has 0 saturated heterocycles. The van der Waals surface area contributed by atoms with Crippen LogP contribution in [0.25, 0.3) is 0 Å². The van der Waals surface area contributed by atoms with Crippen molar-refractivity contribution < 1.29 is 27.2 Å². The number of nitrogens with two attached hydrogens (primary N) is 1. The van der Waals surface area contributed by atoms with Gasteiger partial charge in [0.25, 0.3) is 10.0 Å². The Bertz CT molecular complexity index is 919. The number of benzene rings is 1. The van der Waals surface area contributed by atoms with Crippen molar-refractivity contribution in [3.8, 4) is 0 Å². The van der Waals surface area contributed by atoms with Gasteiger partial charge in [-0.15, -0.1) is 0 Å². The minimum absolute atomic E-state index is 0.0417. The lowest BCUT2D eigenvalue weighted by Crippen LogP contribution is -2.24. The van der Waals surface area contributed by atoms with Gasteiger partial charge >= 0.3 is 5.97 Å². The maximum Gasteiger partial charge on any atom is 0.375 e. The zero-order valence-corrected chi connectivity index (χ0v) is 15.8. The Kier molecular flexibility index (Phi) is 5.39. The molecule has 140 valence electrons. The van der Waals surface area contributed by atoms with Crippen LogP contribution in [0.5, 0.6) is 0 Å². The van der Waals surface area contributed by atoms with Gasteiger partial charge in [0.05, 0.1) is 0 Å². The van der Waals surface area contributed by atoms with Gasteiger partial charge in [0.2, 0.25) is 16.6 Å². The summed E-state index contributed by atoms with van der Waals surface area (Å²) in [6.07, 6.45) is -1.06. The fourth-order valence-electron chi connectivity index (χ4n) is 2.22. The van der Waals surface area contributed by atoms with E-state index in [-0.39, 0.29) is 17.0 Å². The lowest BCUT2D eigenvalue weighted by molar-refractivity contribution is 0.0284. The smallest absolute Gasteiger partial charge is 0.375 e. The van der Waals surface area contributed by atoms with Gasteiger partial charge in [-0.2, -0.15) is 0 Å². The van der Waals surface area contributed by atoms with Crippen molar-refractivity contribution >= 4 is 21.8 Å². The van der Waals surface area contributed by atoms with E-state index < -0.39 is 27.2 Å². The molecule has 0 saturated carbocycles. The fraction of sp³-hybridized carbons (Fsp3) is 0.333. The van der Waals surface area contributed by atoms with Crippen LogP contribution in [0.4, 0.5) is 0 Å². The molecule has 0 spiro atoms. The standard InChI is InChI=1S/C18H21NO6S/c1-11(16(20)12-5-7-13(8-6-12)18(2,3)4)24-17(21)14-9-10-15(25-14)26(19,22)23/h5-11H,1-4H3,(H2,19,22,23). The molecule has 26 heavy (non-hydrogen) atoms. The summed E-state index contributed by atoms with van der Waals surface area (Å²) < 4.78 is 32.2. The molecular formula is C18H21NO6S. The molecule has 2 aromatic rings. The number of furan rings is 1. The second kappa shape index (κ2) is 7.05. The van der Waals surface area contributed by atoms with Gasteiger partial charge < -0.3 is 9.15 Å². The molecule has 7 nitrogen and oxygen atoms in total. The topological polar surface area (TPSA) is 117 Å². The number of ketones is 1. The largest absolute Gasteiger partial charge is 0.448 e. The third kappa shape index (κ3) is 4.59. The second-order valence-corrected chi connectivity index (χ2v) is 8.40. The molecule has 1 heterocycles. The van der Waals surface area contributed by atoms with Gasteiger partial charge in [-0.05, 0) is 30.0 Å². The molecule has 0 aliphatic heterocycles. The number of carbonyl (C=O) groups excluding carboxylic acids is 2. The SMILES string of the molecule is CC(OC(=O)c1ccc(S(N)(=O)=O)o1)C(=O)c1ccc(C(C)(C)C)cc1. The fourth-order valence-corrected chi connectivity index (χ4v) is 2.69. The zero-order chi connectivity index (χ0) is 19.7. The molecule has 1 aromatic heterocycles. The van der Waals surface area contributed by atoms with Crippen LogP contribution in [-0.2, 0) is 20.2 Å². The first-order chi connectivity index (χ1) is 11.9. The minimum Gasteiger partial charge on any atom is -0.448 e. The Balaban J connectivity index is 2.09. The summed E-state index contributed by atoms with van der Waals surface area (Å²) >= 11 is 0. The quantitative estimate of drug-likeness (QED) is 0.630. The number of esters is 1. The van der Waals surface area contributed by atoms with Crippen LogP contribution in [-0.4, -0.2) is 26.3 Å². The summed E-state index contributed by atoms with van der Waals surface area (Å²) in [6.45, 7) is 7.62. The summed E-state index contributed by atoms with van der Waals surface area (Å²) in [6, 6.07) is 9.24. The minimum atomic E-state index is -4.06. The Morgan fingerprint density at radius 3 is 2.12 bits per heavy atom. The van der Waals surface area contributed by atoms with E-state index in [4.69, 9.17) is 14.3 Å². The molecule has 0 radical (unpaired) electrons. The first-order valence-electron chi connectivity index (χ1n) is 7.88. The summed E-state index contributed by atoms with van der Waals surface area (Å²) in [5.74, 6) is -1.68. The number of hydrogen-bond acceptors (Lipinski definition) is 6. The molecule has 0 aliphatic rings. The van der Waals surface area contributed by atoms with Crippen molar-refractivity contribution in [2.24, 2.45) is 5.14 Å². The molecule has 8 heteroatoms. The summed E-state index contributed by atoms with van der Waals surface area (Å²) in [5.41, 5.74) is 1.44. The van der Waals surface area contributed by atoms with Crippen molar-refractivity contribution in [3.63, 3.8) is 0 Å². The van der Waals surface area contributed by atoms with E-state index in [1.165, 1.54) is 6.92 Å². The average molecular weight is 379 g/mol. The molecule has 2 N–H and O–H groups in total. The van der Waals surface area contributed by atoms with Crippen molar-refractivity contribution in [3.05, 3.63) is 53.3 Å². The maximum absolute atomic E-state index is 12.4. The van der Waals surface area contributed by atoms with Crippen molar-refractivity contribution in [2.45, 2.75) is 44.3 Å². The van der Waals surface area contributed by atoms with Crippen molar-refractivity contribution in [2.75, 3.05) is 0 Å². The van der Waals surface area contributed by atoms with Crippen LogP contribution in [0, 0.1) is 0 Å². The first kappa shape index (κ1) is 19.9. The molecule has 1 unspecified atom stereocenters. The highest BCUT2D eigenvalue weighted by Gasteiger charge is 2.24. The molecule has 1 atom stereocenters. The van der Waals surface area contributed by atoms with Crippen LogP contribution < -0.4 is 5.14 Å². The van der Waals surface area contributed by atoms with Crippen LogP contribution in [0.2, 0.25) is 0 Å². The Morgan fingerprint density at radius 2 is 1.65 bits per heavy atom. The number of carbonyl (C=O) groups is 2. The predicted molar refractivity (Wildman–Crippen MR) is 94.4 cm³/mol. The van der Waals surface area contributed by atoms with Crippen LogP contribution >= 0.6 is 0 Å². The van der Waals surface area contributed by atoms with E-state index in [0.717, 1.165) is 17.7 Å². The van der Waals surface area contributed by atoms with Gasteiger partial charge in [-0.3, -0.25) is 4.79 Å². The lowest BCUT2D eigenvalue weighted by Gasteiger charge is -2.19. The van der Waals surface area contributed by atoms with E-state index >= 15 is 0 Å². The van der Waals surface area contributed by atoms with Crippen molar-refractivity contribution in [1.29, 1.82) is 0 Å². The number of hydrogen-bond donors (Lipinski definition) is 1. The monoisotopic (exact) mass is 379 g/mol. The Labute approximate surface area is 152 Å². The van der Waals surface area contributed by atoms with Crippen LogP contribution in [0.3, 0.4) is 0 Å². The number of rotatable bonds is 5. The number of Topliss-reactive ketones (excluding diaryl/α,β-unsaturated/α-hetero) is 1. The second-order valence-electron chi connectivity index (χ2n) is 6.90. The first-order valence-corrected chi connectivity index (χ1v) is 9.42. The molecular weight excluding hydrogens is 358 g/mol. The van der Waals surface area contributed by atoms with Gasteiger partial charge in [-0.25, -0.2) is 18.4 Å². The maximum atomic E-state index is 12.4. The highest BCUT2D eigenvalue weighted by molar-refractivity contribution is 7.89. The van der Waals surface area contributed by atoms with Gasteiger partial charge in [-0.1, -0.05) is 45.0 Å². The molecule has 0 aliphatic carbocycles. The molecule has 0 bridgehead atoms. The van der Waals surface area contributed by atoms with Gasteiger partial charge in [0, 0.05) is 5.56 Å². The molecule has 0 amide bonds. The number of ether oxygens (including phenoxy) is 1. The van der Waals surface area contributed by atoms with E-state index in [9.17, 15) is 18.0 Å². The van der Waals surface area contributed by atoms with E-state index in [1.807, 2.05) is 12.1 Å². The number of primary sulfonamides is 1. The summed E-state index contributed by atoms with van der Waals surface area (Å²) in [4.78, 5) is 24.4. The highest BCUT2D eigenvalue weighted by Crippen LogP contribution is 2.23. The van der Waals surface area contributed by atoms with Gasteiger partial charge in [0.15, 0.2) is 6.10 Å². The summed E-state index contributed by atoms with van der Waals surface area (Å²) in [7, 11) is -4.06. The third-order valence-corrected chi connectivity index (χ3v) is 4.53. The van der Waals surface area contributed by atoms with E-state index in [1.54, 1.807) is 12.1 Å². The molecule has 1 aromatic carbocycles. The summed E-state index contributed by atoms with van der Waals surface area (Å²) in [5, 5.41) is 4.36. The number of sulfonamides is 1. The Hall–Kier alpha value is -2.45. The highest BCUT2D eigenvalue weighted by atomic mass is 32.2. The lowest BCUT2D eigenvalue weighted by atomic mass is 9.86. The molecule has 0 fully saturated rings. The average Bonchev–Trinajstić information content (AvgIpc) is 3.03. The Morgan fingerprint density at radius 1 is 1.08 bits per heavy atom.